The van der Waals surface area contributed by atoms with E-state index in [1.807, 2.05) is 0 Å². The number of nitrogens with zero attached hydrogens (tertiary/aromatic N) is 1. The van der Waals surface area contributed by atoms with Crippen molar-refractivity contribution in [3.63, 3.8) is 0 Å². The van der Waals surface area contributed by atoms with Crippen LogP contribution in [0.1, 0.15) is 43.4 Å². The summed E-state index contributed by atoms with van der Waals surface area (Å²) in [7, 11) is 2.21. The van der Waals surface area contributed by atoms with E-state index in [1.165, 1.54) is 17.5 Å². The maximum absolute atomic E-state index is 5.77. The summed E-state index contributed by atoms with van der Waals surface area (Å²) in [5, 5.41) is 0. The number of benzene rings is 1. The molecule has 0 bridgehead atoms. The Morgan fingerprint density at radius 1 is 1.29 bits per heavy atom. The minimum absolute atomic E-state index is 0.560. The van der Waals surface area contributed by atoms with Crippen molar-refractivity contribution in [2.24, 2.45) is 11.7 Å². The normalized spacial score (nSPS) is 25.7. The SMILES string of the molecule is CC(C)c1ccc(C2CC(CN)CN2C)cc1. The molecule has 2 nitrogen and oxygen atoms in total. The predicted octanol–water partition coefficient (Wildman–Crippen LogP) is 2.76. The van der Waals surface area contributed by atoms with Crippen LogP contribution in [0, 0.1) is 5.92 Å². The largest absolute Gasteiger partial charge is 0.330 e. The van der Waals surface area contributed by atoms with Crippen molar-refractivity contribution in [2.75, 3.05) is 20.1 Å². The smallest absolute Gasteiger partial charge is 0.0348 e. The molecule has 0 radical (unpaired) electrons. The molecule has 2 atom stereocenters. The lowest BCUT2D eigenvalue weighted by atomic mass is 9.96. The Bertz CT molecular complexity index is 356. The lowest BCUT2D eigenvalue weighted by molar-refractivity contribution is 0.313. The van der Waals surface area contributed by atoms with Crippen LogP contribution in [-0.4, -0.2) is 25.0 Å². The predicted molar refractivity (Wildman–Crippen MR) is 73.1 cm³/mol. The number of nitrogens with two attached hydrogens (primary N) is 1. The summed E-state index contributed by atoms with van der Waals surface area (Å²) in [5.74, 6) is 1.27. The molecule has 1 aliphatic heterocycles. The molecule has 0 aliphatic carbocycles. The van der Waals surface area contributed by atoms with Crippen molar-refractivity contribution in [1.29, 1.82) is 0 Å². The first-order valence-corrected chi connectivity index (χ1v) is 6.62. The summed E-state index contributed by atoms with van der Waals surface area (Å²) in [4.78, 5) is 2.43. The zero-order chi connectivity index (χ0) is 12.4. The summed E-state index contributed by atoms with van der Waals surface area (Å²) in [6, 6.07) is 9.67. The molecule has 1 heterocycles. The van der Waals surface area contributed by atoms with Crippen molar-refractivity contribution < 1.29 is 0 Å². The van der Waals surface area contributed by atoms with Gasteiger partial charge in [0.15, 0.2) is 0 Å². The van der Waals surface area contributed by atoms with Gasteiger partial charge in [-0.2, -0.15) is 0 Å². The van der Waals surface area contributed by atoms with Gasteiger partial charge in [-0.1, -0.05) is 38.1 Å². The highest BCUT2D eigenvalue weighted by Gasteiger charge is 2.29. The maximum Gasteiger partial charge on any atom is 0.0348 e. The topological polar surface area (TPSA) is 29.3 Å². The third-order valence-electron chi connectivity index (χ3n) is 3.96. The zero-order valence-corrected chi connectivity index (χ0v) is 11.2. The maximum atomic E-state index is 5.77. The van der Waals surface area contributed by atoms with E-state index in [0.29, 0.717) is 17.9 Å². The second kappa shape index (κ2) is 5.19. The summed E-state index contributed by atoms with van der Waals surface area (Å²) in [5.41, 5.74) is 8.63. The fourth-order valence-corrected chi connectivity index (χ4v) is 2.77. The molecule has 2 rings (SSSR count). The van der Waals surface area contributed by atoms with Crippen molar-refractivity contribution in [3.05, 3.63) is 35.4 Å². The first-order chi connectivity index (χ1) is 8.11. The monoisotopic (exact) mass is 232 g/mol. The van der Waals surface area contributed by atoms with E-state index in [2.05, 4.69) is 50.1 Å². The average molecular weight is 232 g/mol. The van der Waals surface area contributed by atoms with Gasteiger partial charge in [0, 0.05) is 12.6 Å². The Morgan fingerprint density at radius 3 is 2.41 bits per heavy atom. The molecule has 2 N–H and O–H groups in total. The van der Waals surface area contributed by atoms with Crippen LogP contribution in [0.2, 0.25) is 0 Å². The van der Waals surface area contributed by atoms with Crippen molar-refractivity contribution in [2.45, 2.75) is 32.2 Å². The van der Waals surface area contributed by atoms with Gasteiger partial charge in [0.25, 0.3) is 0 Å². The summed E-state index contributed by atoms with van der Waals surface area (Å²) in [6.45, 7) is 6.42. The van der Waals surface area contributed by atoms with Crippen LogP contribution in [0.25, 0.3) is 0 Å². The Balaban J connectivity index is 2.12. The van der Waals surface area contributed by atoms with Crippen LogP contribution < -0.4 is 5.73 Å². The molecule has 2 heteroatoms. The molecule has 0 saturated carbocycles. The van der Waals surface area contributed by atoms with E-state index in [-0.39, 0.29) is 0 Å². The van der Waals surface area contributed by atoms with Gasteiger partial charge in [0.1, 0.15) is 0 Å². The molecular weight excluding hydrogens is 208 g/mol. The standard InChI is InChI=1S/C15H24N2/c1-11(2)13-4-6-14(7-5-13)15-8-12(9-16)10-17(15)3/h4-7,11-12,15H,8-10,16H2,1-3H3. The van der Waals surface area contributed by atoms with Gasteiger partial charge < -0.3 is 5.73 Å². The van der Waals surface area contributed by atoms with E-state index < -0.39 is 0 Å². The van der Waals surface area contributed by atoms with E-state index in [4.69, 9.17) is 5.73 Å². The van der Waals surface area contributed by atoms with Gasteiger partial charge in [0.2, 0.25) is 0 Å². The van der Waals surface area contributed by atoms with Crippen LogP contribution in [0.5, 0.6) is 0 Å². The van der Waals surface area contributed by atoms with Crippen molar-refractivity contribution in [3.8, 4) is 0 Å². The fraction of sp³-hybridized carbons (Fsp3) is 0.600. The molecule has 2 unspecified atom stereocenters. The lowest BCUT2D eigenvalue weighted by Crippen LogP contribution is -2.20. The molecule has 0 amide bonds. The molecule has 1 fully saturated rings. The van der Waals surface area contributed by atoms with Crippen LogP contribution in [0.3, 0.4) is 0 Å². The van der Waals surface area contributed by atoms with Crippen LogP contribution in [0.15, 0.2) is 24.3 Å². The molecule has 0 aromatic heterocycles. The molecule has 1 aromatic rings. The molecule has 1 saturated heterocycles. The quantitative estimate of drug-likeness (QED) is 0.868. The highest BCUT2D eigenvalue weighted by molar-refractivity contribution is 5.27. The highest BCUT2D eigenvalue weighted by Crippen LogP contribution is 2.34. The molecule has 17 heavy (non-hydrogen) atoms. The van der Waals surface area contributed by atoms with Crippen LogP contribution >= 0.6 is 0 Å². The van der Waals surface area contributed by atoms with Gasteiger partial charge in [-0.05, 0) is 43.0 Å². The van der Waals surface area contributed by atoms with Crippen LogP contribution in [0.4, 0.5) is 0 Å². The average Bonchev–Trinajstić information content (AvgIpc) is 2.71. The van der Waals surface area contributed by atoms with E-state index in [1.54, 1.807) is 0 Å². The number of rotatable bonds is 3. The van der Waals surface area contributed by atoms with Crippen molar-refractivity contribution >= 4 is 0 Å². The van der Waals surface area contributed by atoms with Gasteiger partial charge in [-0.15, -0.1) is 0 Å². The Kier molecular flexibility index (Phi) is 3.85. The summed E-state index contributed by atoms with van der Waals surface area (Å²) < 4.78 is 0. The minimum atomic E-state index is 0.560. The van der Waals surface area contributed by atoms with Crippen LogP contribution in [-0.2, 0) is 0 Å². The van der Waals surface area contributed by atoms with Gasteiger partial charge in [-0.25, -0.2) is 0 Å². The van der Waals surface area contributed by atoms with E-state index >= 15 is 0 Å². The summed E-state index contributed by atoms with van der Waals surface area (Å²) >= 11 is 0. The van der Waals surface area contributed by atoms with Gasteiger partial charge >= 0.3 is 0 Å². The van der Waals surface area contributed by atoms with Gasteiger partial charge in [-0.3, -0.25) is 4.90 Å². The first-order valence-electron chi connectivity index (χ1n) is 6.62. The number of hydrogen-bond acceptors (Lipinski definition) is 2. The molecule has 1 aliphatic rings. The third kappa shape index (κ3) is 2.70. The Morgan fingerprint density at radius 2 is 1.94 bits per heavy atom. The number of likely N-dealkylation sites (tertiary alicyclic amines) is 1. The molecule has 94 valence electrons. The Labute approximate surface area is 105 Å². The van der Waals surface area contributed by atoms with Gasteiger partial charge in [0.05, 0.1) is 0 Å². The third-order valence-corrected chi connectivity index (χ3v) is 3.96. The second-order valence-corrected chi connectivity index (χ2v) is 5.61. The molecule has 1 aromatic carbocycles. The van der Waals surface area contributed by atoms with E-state index in [0.717, 1.165) is 13.1 Å². The second-order valence-electron chi connectivity index (χ2n) is 5.61. The first kappa shape index (κ1) is 12.6. The zero-order valence-electron chi connectivity index (χ0n) is 11.2. The molecular formula is C15H24N2. The van der Waals surface area contributed by atoms with E-state index in [9.17, 15) is 0 Å². The number of hydrogen-bond donors (Lipinski definition) is 1. The summed E-state index contributed by atoms with van der Waals surface area (Å²) in [6.07, 6.45) is 1.20. The fourth-order valence-electron chi connectivity index (χ4n) is 2.77. The Hall–Kier alpha value is -0.860. The highest BCUT2D eigenvalue weighted by atomic mass is 15.2. The van der Waals surface area contributed by atoms with Crippen molar-refractivity contribution in [1.82, 2.24) is 4.90 Å². The molecule has 0 spiro atoms. The minimum Gasteiger partial charge on any atom is -0.330 e. The lowest BCUT2D eigenvalue weighted by Gasteiger charge is -2.20.